The van der Waals surface area contributed by atoms with E-state index in [0.717, 1.165) is 17.7 Å². The number of carbonyl (C=O) groups is 1. The summed E-state index contributed by atoms with van der Waals surface area (Å²) < 4.78 is 0. The summed E-state index contributed by atoms with van der Waals surface area (Å²) in [6.45, 7) is 4.70. The van der Waals surface area contributed by atoms with Crippen LogP contribution in [-0.4, -0.2) is 31.8 Å². The van der Waals surface area contributed by atoms with Crippen molar-refractivity contribution < 1.29 is 4.79 Å². The number of para-hydroxylation sites is 1. The number of nitrogens with zero attached hydrogens (tertiary/aromatic N) is 4. The molecule has 0 saturated heterocycles. The van der Waals surface area contributed by atoms with Gasteiger partial charge < -0.3 is 4.90 Å². The number of aromatic nitrogens is 3. The van der Waals surface area contributed by atoms with Crippen LogP contribution in [0, 0.1) is 0 Å². The Labute approximate surface area is 147 Å². The van der Waals surface area contributed by atoms with Crippen LogP contribution in [-0.2, 0) is 6.54 Å². The first-order valence-corrected chi connectivity index (χ1v) is 8.51. The molecule has 0 fully saturated rings. The van der Waals surface area contributed by atoms with Crippen LogP contribution < -0.4 is 0 Å². The van der Waals surface area contributed by atoms with Gasteiger partial charge in [0.05, 0.1) is 11.9 Å². The highest BCUT2D eigenvalue weighted by atomic mass is 16.2. The van der Waals surface area contributed by atoms with Crippen LogP contribution in [0.2, 0.25) is 0 Å². The lowest BCUT2D eigenvalue weighted by Crippen LogP contribution is -2.38. The Kier molecular flexibility index (Phi) is 5.23. The molecule has 1 atom stereocenters. The molecule has 3 aromatic rings. The number of amides is 1. The molecule has 3 rings (SSSR count). The Morgan fingerprint density at radius 3 is 2.36 bits per heavy atom. The van der Waals surface area contributed by atoms with E-state index in [4.69, 9.17) is 0 Å². The van der Waals surface area contributed by atoms with Gasteiger partial charge in [0, 0.05) is 12.6 Å². The fourth-order valence-corrected chi connectivity index (χ4v) is 2.62. The molecule has 5 heteroatoms. The smallest absolute Gasteiger partial charge is 0.276 e. The van der Waals surface area contributed by atoms with Crippen LogP contribution in [0.3, 0.4) is 0 Å². The lowest BCUT2D eigenvalue weighted by atomic mass is 10.1. The molecule has 1 heterocycles. The molecule has 2 aromatic carbocycles. The molecule has 0 radical (unpaired) electrons. The van der Waals surface area contributed by atoms with Crippen LogP contribution in [0.4, 0.5) is 0 Å². The maximum atomic E-state index is 13.0. The van der Waals surface area contributed by atoms with Crippen LogP contribution in [0.15, 0.2) is 66.9 Å². The Bertz CT molecular complexity index is 814. The molecule has 5 nitrogen and oxygen atoms in total. The highest BCUT2D eigenvalue weighted by Crippen LogP contribution is 2.15. The van der Waals surface area contributed by atoms with Gasteiger partial charge in [-0.1, -0.05) is 55.5 Å². The molecule has 0 aliphatic heterocycles. The molecule has 0 saturated carbocycles. The number of carbonyl (C=O) groups excluding carboxylic acids is 1. The highest BCUT2D eigenvalue weighted by molar-refractivity contribution is 5.92. The first-order chi connectivity index (χ1) is 12.2. The second kappa shape index (κ2) is 7.75. The Balaban J connectivity index is 1.84. The molecule has 25 heavy (non-hydrogen) atoms. The standard InChI is InChI=1S/C20H22N4O/c1-3-16(2)23(15-17-10-6-4-7-11-17)20(25)19-14-21-24(22-19)18-12-8-5-9-13-18/h4-14,16H,3,15H2,1-2H3. The van der Waals surface area contributed by atoms with Gasteiger partial charge in [-0.25, -0.2) is 0 Å². The average molecular weight is 334 g/mol. The van der Waals surface area contributed by atoms with Crippen molar-refractivity contribution in [2.45, 2.75) is 32.9 Å². The molecule has 1 aromatic heterocycles. The van der Waals surface area contributed by atoms with Gasteiger partial charge in [0.15, 0.2) is 5.69 Å². The lowest BCUT2D eigenvalue weighted by molar-refractivity contribution is 0.0665. The molecular formula is C20H22N4O. The second-order valence-electron chi connectivity index (χ2n) is 6.03. The topological polar surface area (TPSA) is 51.0 Å². The zero-order valence-electron chi connectivity index (χ0n) is 14.5. The van der Waals surface area contributed by atoms with Crippen molar-refractivity contribution in [3.63, 3.8) is 0 Å². The van der Waals surface area contributed by atoms with Crippen LogP contribution in [0.25, 0.3) is 5.69 Å². The molecular weight excluding hydrogens is 312 g/mol. The van der Waals surface area contributed by atoms with E-state index in [1.165, 1.54) is 11.0 Å². The van der Waals surface area contributed by atoms with Crippen molar-refractivity contribution in [1.82, 2.24) is 19.9 Å². The Morgan fingerprint density at radius 2 is 1.72 bits per heavy atom. The monoisotopic (exact) mass is 334 g/mol. The van der Waals surface area contributed by atoms with E-state index >= 15 is 0 Å². The maximum absolute atomic E-state index is 13.0. The van der Waals surface area contributed by atoms with Gasteiger partial charge in [-0.15, -0.1) is 5.10 Å². The average Bonchev–Trinajstić information content (AvgIpc) is 3.17. The maximum Gasteiger partial charge on any atom is 0.276 e. The third-order valence-electron chi connectivity index (χ3n) is 4.28. The second-order valence-corrected chi connectivity index (χ2v) is 6.03. The molecule has 0 N–H and O–H groups in total. The van der Waals surface area contributed by atoms with E-state index < -0.39 is 0 Å². The van der Waals surface area contributed by atoms with Gasteiger partial charge in [-0.05, 0) is 31.0 Å². The molecule has 1 amide bonds. The quantitative estimate of drug-likeness (QED) is 0.690. The van der Waals surface area contributed by atoms with Crippen molar-refractivity contribution in [3.8, 4) is 5.69 Å². The van der Waals surface area contributed by atoms with Crippen LogP contribution in [0.5, 0.6) is 0 Å². The minimum Gasteiger partial charge on any atom is -0.330 e. The van der Waals surface area contributed by atoms with E-state index in [2.05, 4.69) is 24.0 Å². The normalized spacial score (nSPS) is 11.9. The van der Waals surface area contributed by atoms with Gasteiger partial charge in [-0.2, -0.15) is 9.90 Å². The SMILES string of the molecule is CCC(C)N(Cc1ccccc1)C(=O)c1cnn(-c2ccccc2)n1. The molecule has 0 aliphatic carbocycles. The first kappa shape index (κ1) is 16.9. The summed E-state index contributed by atoms with van der Waals surface area (Å²) >= 11 is 0. The van der Waals surface area contributed by atoms with E-state index in [-0.39, 0.29) is 11.9 Å². The van der Waals surface area contributed by atoms with Gasteiger partial charge in [-0.3, -0.25) is 4.79 Å². The van der Waals surface area contributed by atoms with Gasteiger partial charge >= 0.3 is 0 Å². The molecule has 128 valence electrons. The summed E-state index contributed by atoms with van der Waals surface area (Å²) in [5.41, 5.74) is 2.30. The van der Waals surface area contributed by atoms with Gasteiger partial charge in [0.25, 0.3) is 5.91 Å². The summed E-state index contributed by atoms with van der Waals surface area (Å²) in [6.07, 6.45) is 2.42. The number of hydrogen-bond donors (Lipinski definition) is 0. The van der Waals surface area contributed by atoms with Crippen molar-refractivity contribution in [2.24, 2.45) is 0 Å². The fraction of sp³-hybridized carbons (Fsp3) is 0.250. The first-order valence-electron chi connectivity index (χ1n) is 8.51. The Hall–Kier alpha value is -2.95. The zero-order valence-corrected chi connectivity index (χ0v) is 14.5. The predicted molar refractivity (Wildman–Crippen MR) is 97.4 cm³/mol. The van der Waals surface area contributed by atoms with E-state index in [0.29, 0.717) is 12.2 Å². The van der Waals surface area contributed by atoms with Crippen molar-refractivity contribution in [1.29, 1.82) is 0 Å². The molecule has 0 spiro atoms. The summed E-state index contributed by atoms with van der Waals surface area (Å²) in [7, 11) is 0. The van der Waals surface area contributed by atoms with Gasteiger partial charge in [0.1, 0.15) is 0 Å². The molecule has 1 unspecified atom stereocenters. The third-order valence-corrected chi connectivity index (χ3v) is 4.28. The molecule has 0 aliphatic rings. The largest absolute Gasteiger partial charge is 0.330 e. The predicted octanol–water partition coefficient (Wildman–Crippen LogP) is 3.71. The lowest BCUT2D eigenvalue weighted by Gasteiger charge is -2.28. The summed E-state index contributed by atoms with van der Waals surface area (Å²) in [6, 6.07) is 19.7. The number of benzene rings is 2. The number of hydrogen-bond acceptors (Lipinski definition) is 3. The summed E-state index contributed by atoms with van der Waals surface area (Å²) in [5.74, 6) is -0.0969. The van der Waals surface area contributed by atoms with E-state index in [1.54, 1.807) is 0 Å². The summed E-state index contributed by atoms with van der Waals surface area (Å²) in [5, 5.41) is 8.61. The number of rotatable bonds is 6. The third kappa shape index (κ3) is 3.94. The van der Waals surface area contributed by atoms with Crippen molar-refractivity contribution >= 4 is 5.91 Å². The van der Waals surface area contributed by atoms with Crippen molar-refractivity contribution in [3.05, 3.63) is 78.1 Å². The van der Waals surface area contributed by atoms with E-state index in [9.17, 15) is 4.79 Å². The van der Waals surface area contributed by atoms with E-state index in [1.807, 2.05) is 65.6 Å². The highest BCUT2D eigenvalue weighted by Gasteiger charge is 2.23. The minimum atomic E-state index is -0.0969. The van der Waals surface area contributed by atoms with Crippen LogP contribution in [0.1, 0.15) is 36.3 Å². The van der Waals surface area contributed by atoms with Gasteiger partial charge in [0.2, 0.25) is 0 Å². The van der Waals surface area contributed by atoms with Crippen molar-refractivity contribution in [2.75, 3.05) is 0 Å². The zero-order chi connectivity index (χ0) is 17.6. The Morgan fingerprint density at radius 1 is 1.08 bits per heavy atom. The fourth-order valence-electron chi connectivity index (χ4n) is 2.62. The summed E-state index contributed by atoms with van der Waals surface area (Å²) in [4.78, 5) is 16.4. The minimum absolute atomic E-state index is 0.0969. The molecule has 0 bridgehead atoms. The van der Waals surface area contributed by atoms with Crippen LogP contribution >= 0.6 is 0 Å².